The molecule has 0 aliphatic heterocycles. The number of ether oxygens (including phenoxy) is 1. The van der Waals surface area contributed by atoms with E-state index in [4.69, 9.17) is 4.74 Å². The fourth-order valence-electron chi connectivity index (χ4n) is 1.99. The standard InChI is InChI=1S/C15H15BO4/c1-2-20-15(17)12-8-9-14(16(18)19)13(10-12)11-6-4-3-5-7-11/h3-10,18-19H,2H2,1H3. The lowest BCUT2D eigenvalue weighted by molar-refractivity contribution is 0.0526. The van der Waals surface area contributed by atoms with Crippen LogP contribution in [0.25, 0.3) is 11.1 Å². The van der Waals surface area contributed by atoms with Gasteiger partial charge in [-0.05, 0) is 35.6 Å². The number of carbonyl (C=O) groups is 1. The lowest BCUT2D eigenvalue weighted by Gasteiger charge is -2.11. The van der Waals surface area contributed by atoms with Gasteiger partial charge in [0.05, 0.1) is 12.2 Å². The topological polar surface area (TPSA) is 66.8 Å². The molecule has 0 atom stereocenters. The zero-order chi connectivity index (χ0) is 14.5. The molecule has 0 fully saturated rings. The molecule has 0 amide bonds. The fraction of sp³-hybridized carbons (Fsp3) is 0.133. The van der Waals surface area contributed by atoms with Crippen molar-refractivity contribution < 1.29 is 19.6 Å². The van der Waals surface area contributed by atoms with E-state index < -0.39 is 13.1 Å². The number of hydrogen-bond acceptors (Lipinski definition) is 4. The van der Waals surface area contributed by atoms with E-state index in [0.29, 0.717) is 23.2 Å². The highest BCUT2D eigenvalue weighted by molar-refractivity contribution is 6.60. The largest absolute Gasteiger partial charge is 0.489 e. The highest BCUT2D eigenvalue weighted by Gasteiger charge is 2.19. The van der Waals surface area contributed by atoms with Crippen LogP contribution in [0.2, 0.25) is 0 Å². The van der Waals surface area contributed by atoms with Crippen molar-refractivity contribution in [1.29, 1.82) is 0 Å². The zero-order valence-electron chi connectivity index (χ0n) is 11.1. The molecular formula is C15H15BO4. The van der Waals surface area contributed by atoms with Crippen LogP contribution < -0.4 is 5.46 Å². The second-order valence-electron chi connectivity index (χ2n) is 4.26. The van der Waals surface area contributed by atoms with E-state index in [1.54, 1.807) is 13.0 Å². The maximum atomic E-state index is 11.8. The Hall–Kier alpha value is -2.11. The predicted octanol–water partition coefficient (Wildman–Crippen LogP) is 1.21. The van der Waals surface area contributed by atoms with Gasteiger partial charge in [-0.15, -0.1) is 0 Å². The number of rotatable bonds is 4. The molecule has 0 radical (unpaired) electrons. The summed E-state index contributed by atoms with van der Waals surface area (Å²) in [5, 5.41) is 18.9. The average Bonchev–Trinajstić information content (AvgIpc) is 2.47. The Morgan fingerprint density at radius 1 is 1.15 bits per heavy atom. The first kappa shape index (κ1) is 14.3. The lowest BCUT2D eigenvalue weighted by Crippen LogP contribution is -2.32. The second-order valence-corrected chi connectivity index (χ2v) is 4.26. The normalized spacial score (nSPS) is 10.2. The summed E-state index contributed by atoms with van der Waals surface area (Å²) in [5.41, 5.74) is 2.15. The summed E-state index contributed by atoms with van der Waals surface area (Å²) in [6.07, 6.45) is 0. The van der Waals surface area contributed by atoms with E-state index in [9.17, 15) is 14.8 Å². The van der Waals surface area contributed by atoms with Crippen LogP contribution in [0.3, 0.4) is 0 Å². The van der Waals surface area contributed by atoms with Crippen LogP contribution in [0.5, 0.6) is 0 Å². The summed E-state index contributed by atoms with van der Waals surface area (Å²) < 4.78 is 4.96. The molecule has 0 spiro atoms. The molecule has 0 heterocycles. The number of benzene rings is 2. The van der Waals surface area contributed by atoms with Crippen molar-refractivity contribution in [2.45, 2.75) is 6.92 Å². The summed E-state index contributed by atoms with van der Waals surface area (Å²) in [7, 11) is -1.60. The van der Waals surface area contributed by atoms with Gasteiger partial charge in [-0.2, -0.15) is 0 Å². The quantitative estimate of drug-likeness (QED) is 0.647. The SMILES string of the molecule is CCOC(=O)c1ccc(B(O)O)c(-c2ccccc2)c1. The maximum absolute atomic E-state index is 11.8. The molecule has 2 aromatic rings. The monoisotopic (exact) mass is 270 g/mol. The minimum Gasteiger partial charge on any atom is -0.462 e. The third-order valence-electron chi connectivity index (χ3n) is 2.93. The molecule has 5 heteroatoms. The summed E-state index contributed by atoms with van der Waals surface area (Å²) >= 11 is 0. The first-order valence-corrected chi connectivity index (χ1v) is 6.36. The van der Waals surface area contributed by atoms with Gasteiger partial charge < -0.3 is 14.8 Å². The molecule has 0 unspecified atom stereocenters. The third kappa shape index (κ3) is 3.07. The molecule has 2 rings (SSSR count). The number of esters is 1. The average molecular weight is 270 g/mol. The van der Waals surface area contributed by atoms with Gasteiger partial charge in [0.1, 0.15) is 0 Å². The van der Waals surface area contributed by atoms with Crippen molar-refractivity contribution in [2.24, 2.45) is 0 Å². The second kappa shape index (κ2) is 6.37. The predicted molar refractivity (Wildman–Crippen MR) is 77.7 cm³/mol. The molecule has 0 aliphatic carbocycles. The van der Waals surface area contributed by atoms with Crippen LogP contribution >= 0.6 is 0 Å². The molecule has 0 aliphatic rings. The molecule has 4 nitrogen and oxygen atoms in total. The van der Waals surface area contributed by atoms with Gasteiger partial charge in [0.25, 0.3) is 0 Å². The van der Waals surface area contributed by atoms with Crippen molar-refractivity contribution >= 4 is 18.6 Å². The van der Waals surface area contributed by atoms with Gasteiger partial charge >= 0.3 is 13.1 Å². The fourth-order valence-corrected chi connectivity index (χ4v) is 1.99. The molecule has 0 aromatic heterocycles. The van der Waals surface area contributed by atoms with Gasteiger partial charge in [0, 0.05) is 0 Å². The van der Waals surface area contributed by atoms with Gasteiger partial charge in [0.2, 0.25) is 0 Å². The van der Waals surface area contributed by atoms with E-state index in [0.717, 1.165) is 5.56 Å². The third-order valence-corrected chi connectivity index (χ3v) is 2.93. The highest BCUT2D eigenvalue weighted by Crippen LogP contribution is 2.19. The molecule has 0 bridgehead atoms. The van der Waals surface area contributed by atoms with E-state index in [1.807, 2.05) is 30.3 Å². The molecule has 20 heavy (non-hydrogen) atoms. The van der Waals surface area contributed by atoms with Crippen LogP contribution in [0.1, 0.15) is 17.3 Å². The Kier molecular flexibility index (Phi) is 4.55. The van der Waals surface area contributed by atoms with Gasteiger partial charge in [-0.3, -0.25) is 0 Å². The van der Waals surface area contributed by atoms with Crippen molar-refractivity contribution in [2.75, 3.05) is 6.61 Å². The van der Waals surface area contributed by atoms with E-state index in [2.05, 4.69) is 0 Å². The van der Waals surface area contributed by atoms with Gasteiger partial charge in [-0.1, -0.05) is 36.4 Å². The minimum absolute atomic E-state index is 0.296. The Morgan fingerprint density at radius 2 is 1.85 bits per heavy atom. The Bertz CT molecular complexity index is 596. The summed E-state index contributed by atoms with van der Waals surface area (Å²) in [6, 6.07) is 13.9. The van der Waals surface area contributed by atoms with Crippen molar-refractivity contribution in [3.63, 3.8) is 0 Å². The Balaban J connectivity index is 2.51. The lowest BCUT2D eigenvalue weighted by atomic mass is 9.75. The molecule has 2 aromatic carbocycles. The highest BCUT2D eigenvalue weighted by atomic mass is 16.5. The number of carbonyl (C=O) groups excluding carboxylic acids is 1. The Labute approximate surface area is 117 Å². The first-order chi connectivity index (χ1) is 9.63. The molecule has 2 N–H and O–H groups in total. The molecule has 0 saturated carbocycles. The van der Waals surface area contributed by atoms with E-state index >= 15 is 0 Å². The van der Waals surface area contributed by atoms with Crippen LogP contribution in [0.4, 0.5) is 0 Å². The van der Waals surface area contributed by atoms with E-state index in [-0.39, 0.29) is 0 Å². The molecule has 0 saturated heterocycles. The molecular weight excluding hydrogens is 255 g/mol. The minimum atomic E-state index is -1.60. The van der Waals surface area contributed by atoms with Crippen molar-refractivity contribution in [3.05, 3.63) is 54.1 Å². The van der Waals surface area contributed by atoms with Gasteiger partial charge in [-0.25, -0.2) is 4.79 Å². The smallest absolute Gasteiger partial charge is 0.462 e. The van der Waals surface area contributed by atoms with Crippen LogP contribution in [-0.4, -0.2) is 29.7 Å². The van der Waals surface area contributed by atoms with Crippen molar-refractivity contribution in [1.82, 2.24) is 0 Å². The van der Waals surface area contributed by atoms with Crippen LogP contribution in [-0.2, 0) is 4.74 Å². The number of hydrogen-bond donors (Lipinski definition) is 2. The summed E-state index contributed by atoms with van der Waals surface area (Å²) in [4.78, 5) is 11.8. The summed E-state index contributed by atoms with van der Waals surface area (Å²) in [6.45, 7) is 2.03. The van der Waals surface area contributed by atoms with Crippen LogP contribution in [0, 0.1) is 0 Å². The Morgan fingerprint density at radius 3 is 2.45 bits per heavy atom. The first-order valence-electron chi connectivity index (χ1n) is 6.36. The maximum Gasteiger partial charge on any atom is 0.489 e. The van der Waals surface area contributed by atoms with Crippen molar-refractivity contribution in [3.8, 4) is 11.1 Å². The molecule has 102 valence electrons. The van der Waals surface area contributed by atoms with Gasteiger partial charge in [0.15, 0.2) is 0 Å². The van der Waals surface area contributed by atoms with E-state index in [1.165, 1.54) is 12.1 Å². The summed E-state index contributed by atoms with van der Waals surface area (Å²) in [5.74, 6) is -0.427. The van der Waals surface area contributed by atoms with Crippen LogP contribution in [0.15, 0.2) is 48.5 Å². The zero-order valence-corrected chi connectivity index (χ0v) is 11.1.